The lowest BCUT2D eigenvalue weighted by molar-refractivity contribution is -0.137. The van der Waals surface area contributed by atoms with Crippen molar-refractivity contribution < 1.29 is 33.4 Å². The molecule has 2 aromatic rings. The lowest BCUT2D eigenvalue weighted by Crippen LogP contribution is -2.57. The van der Waals surface area contributed by atoms with Crippen molar-refractivity contribution in [2.24, 2.45) is 11.8 Å². The number of hydrogen-bond acceptors (Lipinski definition) is 7. The molecule has 0 unspecified atom stereocenters. The average molecular weight is 623 g/mol. The number of nitrogens with one attached hydrogen (secondary N) is 4. The van der Waals surface area contributed by atoms with Gasteiger partial charge in [0.25, 0.3) is 0 Å². The third-order valence-corrected chi connectivity index (χ3v) is 7.13. The molecule has 0 bridgehead atoms. The van der Waals surface area contributed by atoms with Crippen LogP contribution in [0, 0.1) is 11.8 Å². The highest BCUT2D eigenvalue weighted by molar-refractivity contribution is 5.92. The molecule has 0 radical (unpaired) electrons. The predicted octanol–water partition coefficient (Wildman–Crippen LogP) is 3.43. The molecule has 1 aliphatic rings. The molecule has 0 aliphatic carbocycles. The number of hydrogen-bond donors (Lipinski definition) is 4. The zero-order valence-corrected chi connectivity index (χ0v) is 25.4. The summed E-state index contributed by atoms with van der Waals surface area (Å²) in [5, 5.41) is 11.1. The van der Waals surface area contributed by atoms with Crippen molar-refractivity contribution in [1.29, 1.82) is 0 Å². The van der Waals surface area contributed by atoms with Gasteiger partial charge in [-0.1, -0.05) is 88.0 Å². The van der Waals surface area contributed by atoms with E-state index < -0.39 is 42.0 Å². The Bertz CT molecular complexity index is 1280. The van der Waals surface area contributed by atoms with Crippen LogP contribution in [0.3, 0.4) is 0 Å². The number of rotatable bonds is 15. The molecule has 1 heterocycles. The fraction of sp³-hybridized carbons (Fsp3) is 0.441. The molecule has 4 atom stereocenters. The smallest absolute Gasteiger partial charge is 0.408 e. The first kappa shape index (κ1) is 36.5. The maximum atomic E-state index is 13.7. The molecule has 4 amide bonds. The second kappa shape index (κ2) is 18.9. The van der Waals surface area contributed by atoms with Crippen molar-refractivity contribution >= 4 is 29.8 Å². The summed E-state index contributed by atoms with van der Waals surface area (Å²) in [6.07, 6.45) is 3.01. The summed E-state index contributed by atoms with van der Waals surface area (Å²) in [5.74, 6) is -2.41. The van der Waals surface area contributed by atoms with Gasteiger partial charge in [-0.2, -0.15) is 0 Å². The molecule has 0 aromatic heterocycles. The van der Waals surface area contributed by atoms with Crippen LogP contribution in [-0.2, 0) is 41.7 Å². The number of alkyl carbamates (subject to hydrolysis) is 1. The minimum Gasteiger partial charge on any atom is -0.463 e. The molecule has 2 aromatic carbocycles. The van der Waals surface area contributed by atoms with Gasteiger partial charge in [0.1, 0.15) is 18.7 Å². The van der Waals surface area contributed by atoms with Crippen molar-refractivity contribution in [3.05, 3.63) is 83.9 Å². The molecule has 244 valence electrons. The van der Waals surface area contributed by atoms with Crippen LogP contribution in [0.5, 0.6) is 0 Å². The fourth-order valence-electron chi connectivity index (χ4n) is 4.78. The first-order chi connectivity index (χ1) is 21.2. The Balaban J connectivity index is 0.00000705. The lowest BCUT2D eigenvalue weighted by atomic mass is 9.97. The first-order valence-corrected chi connectivity index (χ1v) is 14.9. The minimum atomic E-state index is -1.02. The van der Waals surface area contributed by atoms with E-state index in [4.69, 9.17) is 9.47 Å². The largest absolute Gasteiger partial charge is 0.463 e. The summed E-state index contributed by atoms with van der Waals surface area (Å²) >= 11 is 0. The number of amides is 4. The Morgan fingerprint density at radius 3 is 2.13 bits per heavy atom. The van der Waals surface area contributed by atoms with Gasteiger partial charge in [0.05, 0.1) is 6.61 Å². The van der Waals surface area contributed by atoms with Crippen LogP contribution in [0.2, 0.25) is 0 Å². The summed E-state index contributed by atoms with van der Waals surface area (Å²) in [5.41, 5.74) is 1.60. The highest BCUT2D eigenvalue weighted by atomic mass is 16.5. The van der Waals surface area contributed by atoms with Crippen LogP contribution in [0.1, 0.15) is 52.2 Å². The van der Waals surface area contributed by atoms with Gasteiger partial charge in [-0.15, -0.1) is 0 Å². The van der Waals surface area contributed by atoms with Gasteiger partial charge in [-0.25, -0.2) is 9.59 Å². The molecular formula is C34H46N4O7. The molecule has 1 fully saturated rings. The zero-order chi connectivity index (χ0) is 31.9. The number of benzene rings is 2. The van der Waals surface area contributed by atoms with Gasteiger partial charge >= 0.3 is 12.1 Å². The van der Waals surface area contributed by atoms with Gasteiger partial charge in [0.15, 0.2) is 0 Å². The summed E-state index contributed by atoms with van der Waals surface area (Å²) in [4.78, 5) is 64.1. The fourth-order valence-corrected chi connectivity index (χ4v) is 4.78. The molecule has 1 saturated heterocycles. The van der Waals surface area contributed by atoms with Gasteiger partial charge in [-0.3, -0.25) is 14.4 Å². The van der Waals surface area contributed by atoms with E-state index >= 15 is 0 Å². The summed E-state index contributed by atoms with van der Waals surface area (Å²) in [6, 6.07) is 15.7. The Morgan fingerprint density at radius 1 is 0.911 bits per heavy atom. The van der Waals surface area contributed by atoms with Crippen molar-refractivity contribution in [2.75, 3.05) is 13.2 Å². The van der Waals surface area contributed by atoms with E-state index in [0.717, 1.165) is 11.1 Å². The molecule has 4 N–H and O–H groups in total. The highest BCUT2D eigenvalue weighted by Gasteiger charge is 2.32. The maximum absolute atomic E-state index is 13.7. The number of esters is 1. The molecule has 0 saturated carbocycles. The average Bonchev–Trinajstić information content (AvgIpc) is 3.41. The van der Waals surface area contributed by atoms with Crippen molar-refractivity contribution in [1.82, 2.24) is 21.3 Å². The molecule has 11 nitrogen and oxygen atoms in total. The van der Waals surface area contributed by atoms with Gasteiger partial charge < -0.3 is 30.7 Å². The molecule has 45 heavy (non-hydrogen) atoms. The van der Waals surface area contributed by atoms with Gasteiger partial charge in [0.2, 0.25) is 17.7 Å². The van der Waals surface area contributed by atoms with Crippen molar-refractivity contribution in [3.8, 4) is 0 Å². The molecule has 11 heteroatoms. The van der Waals surface area contributed by atoms with E-state index in [1.807, 2.05) is 60.7 Å². The summed E-state index contributed by atoms with van der Waals surface area (Å²) in [7, 11) is 0. The minimum absolute atomic E-state index is 0. The predicted molar refractivity (Wildman–Crippen MR) is 171 cm³/mol. The second-order valence-electron chi connectivity index (χ2n) is 10.9. The monoisotopic (exact) mass is 622 g/mol. The van der Waals surface area contributed by atoms with E-state index in [1.165, 1.54) is 12.2 Å². The Hall–Kier alpha value is -4.67. The Morgan fingerprint density at radius 2 is 1.56 bits per heavy atom. The number of carbonyl (C=O) groups excluding carboxylic acids is 5. The van der Waals surface area contributed by atoms with Crippen LogP contribution >= 0.6 is 0 Å². The Kier molecular flexibility index (Phi) is 15.3. The lowest BCUT2D eigenvalue weighted by Gasteiger charge is -2.26. The second-order valence-corrected chi connectivity index (χ2v) is 10.9. The SMILES string of the molecule is C.CCOC(=O)/C=C/[C@H](C[C@@H]1CCNC1=O)NC(=O)[C@H](Cc1ccccc1)NC(=O)[C@@H](NC(=O)OCc1ccccc1)C(C)C. The van der Waals surface area contributed by atoms with Crippen LogP contribution < -0.4 is 21.3 Å². The van der Waals surface area contributed by atoms with Crippen LogP contribution in [0.4, 0.5) is 4.79 Å². The van der Waals surface area contributed by atoms with E-state index in [0.29, 0.717) is 13.0 Å². The molecular weight excluding hydrogens is 576 g/mol. The topological polar surface area (TPSA) is 152 Å². The summed E-state index contributed by atoms with van der Waals surface area (Å²) in [6.45, 7) is 6.01. The third-order valence-electron chi connectivity index (χ3n) is 7.13. The Labute approximate surface area is 265 Å². The van der Waals surface area contributed by atoms with Crippen LogP contribution in [0.15, 0.2) is 72.8 Å². The highest BCUT2D eigenvalue weighted by Crippen LogP contribution is 2.17. The van der Waals surface area contributed by atoms with E-state index in [-0.39, 0.29) is 51.2 Å². The zero-order valence-electron chi connectivity index (χ0n) is 25.4. The van der Waals surface area contributed by atoms with Crippen molar-refractivity contribution in [2.45, 2.75) is 72.2 Å². The van der Waals surface area contributed by atoms with Crippen LogP contribution in [0.25, 0.3) is 0 Å². The van der Waals surface area contributed by atoms with E-state index in [1.54, 1.807) is 20.8 Å². The standard InChI is InChI=1S/C33H42N4O7.CH4/c1-4-43-28(38)16-15-26(20-25-17-18-34-30(25)39)35-31(40)27(19-23-11-7-5-8-12-23)36-32(41)29(22(2)3)37-33(42)44-21-24-13-9-6-10-14-24;/h5-16,22,25-27,29H,4,17-21H2,1-3H3,(H,34,39)(H,35,40)(H,36,41)(H,37,42);1H4/b16-15+;/t25-,26+,27-,29-;/m0./s1. The van der Waals surface area contributed by atoms with Gasteiger partial charge in [0, 0.05) is 31.0 Å². The quantitative estimate of drug-likeness (QED) is 0.175. The molecule has 3 rings (SSSR count). The van der Waals surface area contributed by atoms with E-state index in [2.05, 4.69) is 21.3 Å². The van der Waals surface area contributed by atoms with Gasteiger partial charge in [-0.05, 0) is 36.8 Å². The maximum Gasteiger partial charge on any atom is 0.408 e. The first-order valence-electron chi connectivity index (χ1n) is 14.9. The number of ether oxygens (including phenoxy) is 2. The van der Waals surface area contributed by atoms with Crippen molar-refractivity contribution in [3.63, 3.8) is 0 Å². The normalized spacial score (nSPS) is 16.1. The number of carbonyl (C=O) groups is 5. The summed E-state index contributed by atoms with van der Waals surface area (Å²) < 4.78 is 10.3. The molecule has 0 spiro atoms. The van der Waals surface area contributed by atoms with E-state index in [9.17, 15) is 24.0 Å². The third kappa shape index (κ3) is 12.5. The van der Waals surface area contributed by atoms with Crippen LogP contribution in [-0.4, -0.2) is 61.1 Å². The molecule has 1 aliphatic heterocycles.